The van der Waals surface area contributed by atoms with Crippen LogP contribution in [0.5, 0.6) is 17.2 Å². The van der Waals surface area contributed by atoms with Crippen molar-refractivity contribution in [2.45, 2.75) is 18.7 Å². The van der Waals surface area contributed by atoms with Crippen LogP contribution in [0.4, 0.5) is 0 Å². The summed E-state index contributed by atoms with van der Waals surface area (Å²) < 4.78 is 18.3. The smallest absolute Gasteiger partial charge is 0.213 e. The van der Waals surface area contributed by atoms with Crippen LogP contribution in [-0.2, 0) is 0 Å². The maximum atomic E-state index is 6.40. The van der Waals surface area contributed by atoms with Crippen molar-refractivity contribution in [2.24, 2.45) is 5.10 Å². The average molecular weight is 500 g/mol. The van der Waals surface area contributed by atoms with Gasteiger partial charge in [-0.05, 0) is 48.5 Å². The molecule has 0 radical (unpaired) electrons. The van der Waals surface area contributed by atoms with E-state index in [1.165, 1.54) is 0 Å². The first-order valence-electron chi connectivity index (χ1n) is 9.87. The molecule has 0 spiro atoms. The number of hydrogen-bond donors (Lipinski definition) is 0. The Morgan fingerprint density at radius 1 is 1.00 bits per heavy atom. The number of hydrogen-bond acceptors (Lipinski definition) is 5. The molecular weight excluding hydrogens is 480 g/mol. The first-order chi connectivity index (χ1) is 15.1. The highest BCUT2D eigenvalue weighted by Gasteiger charge is 2.41. The molecule has 2 aliphatic rings. The van der Waals surface area contributed by atoms with Crippen LogP contribution in [0, 0.1) is 0 Å². The molecule has 0 fully saturated rings. The van der Waals surface area contributed by atoms with Crippen LogP contribution in [0.1, 0.15) is 35.4 Å². The molecule has 0 N–H and O–H groups in total. The summed E-state index contributed by atoms with van der Waals surface area (Å²) in [5.41, 5.74) is 4.08. The second kappa shape index (κ2) is 8.09. The van der Waals surface area contributed by atoms with Crippen molar-refractivity contribution in [3.05, 3.63) is 86.8 Å². The van der Waals surface area contributed by atoms with E-state index in [4.69, 9.17) is 30.9 Å². The number of benzene rings is 3. The van der Waals surface area contributed by atoms with Gasteiger partial charge < -0.3 is 14.2 Å². The molecule has 0 bridgehead atoms. The van der Waals surface area contributed by atoms with Gasteiger partial charge in [-0.1, -0.05) is 39.7 Å². The lowest BCUT2D eigenvalue weighted by Crippen LogP contribution is -2.33. The predicted molar refractivity (Wildman–Crippen MR) is 124 cm³/mol. The Kier molecular flexibility index (Phi) is 5.28. The average Bonchev–Trinajstić information content (AvgIpc) is 3.24. The van der Waals surface area contributed by atoms with E-state index in [9.17, 15) is 0 Å². The molecule has 2 heterocycles. The second-order valence-corrected chi connectivity index (χ2v) is 8.77. The van der Waals surface area contributed by atoms with Crippen LogP contribution in [0.3, 0.4) is 0 Å². The maximum absolute atomic E-state index is 6.40. The largest absolute Gasteiger partial charge is 0.493 e. The van der Waals surface area contributed by atoms with Gasteiger partial charge in [-0.25, -0.2) is 5.01 Å². The molecule has 0 saturated heterocycles. The van der Waals surface area contributed by atoms with Crippen LogP contribution < -0.4 is 14.2 Å². The van der Waals surface area contributed by atoms with E-state index in [2.05, 4.69) is 22.0 Å². The zero-order valence-electron chi connectivity index (χ0n) is 17.0. The molecule has 0 amide bonds. The van der Waals surface area contributed by atoms with Gasteiger partial charge in [-0.3, -0.25) is 0 Å². The van der Waals surface area contributed by atoms with Crippen molar-refractivity contribution in [1.82, 2.24) is 5.01 Å². The Labute approximate surface area is 194 Å². The quantitative estimate of drug-likeness (QED) is 0.419. The predicted octanol–water partition coefficient (Wildman–Crippen LogP) is 6.36. The van der Waals surface area contributed by atoms with Gasteiger partial charge in [0.15, 0.2) is 11.5 Å². The molecule has 0 aromatic heterocycles. The summed E-state index contributed by atoms with van der Waals surface area (Å²) in [6.45, 7) is 0. The molecule has 2 unspecified atom stereocenters. The Morgan fingerprint density at radius 3 is 2.52 bits per heavy atom. The molecule has 0 aliphatic carbocycles. The van der Waals surface area contributed by atoms with Crippen LogP contribution in [0.2, 0.25) is 5.02 Å². The lowest BCUT2D eigenvalue weighted by Gasteiger charge is -2.38. The van der Waals surface area contributed by atoms with Crippen molar-refractivity contribution in [2.75, 3.05) is 14.2 Å². The summed E-state index contributed by atoms with van der Waals surface area (Å²) >= 11 is 9.70. The molecule has 158 valence electrons. The summed E-state index contributed by atoms with van der Waals surface area (Å²) in [5.74, 6) is 2.24. The molecule has 2 aliphatic heterocycles. The first-order valence-corrected chi connectivity index (χ1v) is 11.0. The molecule has 5 nitrogen and oxygen atoms in total. The highest BCUT2D eigenvalue weighted by molar-refractivity contribution is 9.10. The highest BCUT2D eigenvalue weighted by Crippen LogP contribution is 2.48. The van der Waals surface area contributed by atoms with Gasteiger partial charge in [-0.2, -0.15) is 5.10 Å². The van der Waals surface area contributed by atoms with E-state index in [1.54, 1.807) is 14.2 Å². The zero-order chi connectivity index (χ0) is 21.5. The number of halogens is 2. The Morgan fingerprint density at radius 2 is 1.77 bits per heavy atom. The maximum Gasteiger partial charge on any atom is 0.213 e. The molecular formula is C24H20BrClN2O3. The van der Waals surface area contributed by atoms with E-state index in [0.29, 0.717) is 16.5 Å². The number of rotatable bonds is 4. The number of hydrazone groups is 1. The molecule has 31 heavy (non-hydrogen) atoms. The fourth-order valence-corrected chi connectivity index (χ4v) is 4.60. The van der Waals surface area contributed by atoms with Crippen molar-refractivity contribution in [1.29, 1.82) is 0 Å². The Balaban J connectivity index is 1.58. The minimum atomic E-state index is -0.339. The van der Waals surface area contributed by atoms with Crippen LogP contribution in [0.25, 0.3) is 0 Å². The number of nitrogens with zero attached hydrogens (tertiary/aromatic N) is 2. The summed E-state index contributed by atoms with van der Waals surface area (Å²) in [5, 5.41) is 7.74. The fourth-order valence-electron chi connectivity index (χ4n) is 4.10. The van der Waals surface area contributed by atoms with Gasteiger partial charge in [0.05, 0.1) is 26.0 Å². The zero-order valence-corrected chi connectivity index (χ0v) is 19.4. The third-order valence-corrected chi connectivity index (χ3v) is 6.37. The number of methoxy groups -OCH3 is 2. The van der Waals surface area contributed by atoms with Gasteiger partial charge in [0, 0.05) is 32.6 Å². The summed E-state index contributed by atoms with van der Waals surface area (Å²) in [6.07, 6.45) is 0.417. The normalized spacial score (nSPS) is 19.2. The van der Waals surface area contributed by atoms with Crippen LogP contribution in [-0.4, -0.2) is 24.9 Å². The second-order valence-electron chi connectivity index (χ2n) is 7.42. The minimum Gasteiger partial charge on any atom is -0.493 e. The molecule has 0 saturated carbocycles. The van der Waals surface area contributed by atoms with E-state index < -0.39 is 0 Å². The molecule has 3 aromatic rings. The summed E-state index contributed by atoms with van der Waals surface area (Å²) in [7, 11) is 3.27. The van der Waals surface area contributed by atoms with E-state index >= 15 is 0 Å². The van der Waals surface area contributed by atoms with E-state index in [1.807, 2.05) is 59.6 Å². The molecule has 5 rings (SSSR count). The van der Waals surface area contributed by atoms with Gasteiger partial charge in [-0.15, -0.1) is 0 Å². The van der Waals surface area contributed by atoms with Crippen molar-refractivity contribution >= 4 is 33.2 Å². The third-order valence-electron chi connectivity index (χ3n) is 5.62. The molecule has 3 aromatic carbocycles. The SMILES string of the molecule is COc1ccc(C2=NN3C(C2)c2cc(Br)ccc2OC3c2ccc(Cl)cc2)cc1OC. The molecule has 7 heteroatoms. The van der Waals surface area contributed by atoms with Crippen LogP contribution in [0.15, 0.2) is 70.2 Å². The Bertz CT molecular complexity index is 1170. The van der Waals surface area contributed by atoms with Crippen LogP contribution >= 0.6 is 27.5 Å². The Hall–Kier alpha value is -2.70. The fraction of sp³-hybridized carbons (Fsp3) is 0.208. The van der Waals surface area contributed by atoms with Gasteiger partial charge in [0.25, 0.3) is 0 Å². The molecule has 2 atom stereocenters. The minimum absolute atomic E-state index is 0.0602. The monoisotopic (exact) mass is 498 g/mol. The van der Waals surface area contributed by atoms with Gasteiger partial charge in [0.2, 0.25) is 6.23 Å². The van der Waals surface area contributed by atoms with Gasteiger partial charge in [0.1, 0.15) is 5.75 Å². The highest BCUT2D eigenvalue weighted by atomic mass is 79.9. The van der Waals surface area contributed by atoms with E-state index in [-0.39, 0.29) is 12.3 Å². The summed E-state index contributed by atoms with van der Waals surface area (Å²) in [6, 6.07) is 19.8. The van der Waals surface area contributed by atoms with Crippen molar-refractivity contribution in [3.63, 3.8) is 0 Å². The first kappa shape index (κ1) is 20.2. The standard InChI is InChI=1S/C24H20BrClN2O3/c1-29-22-9-5-15(11-23(22)30-2)19-13-20-18-12-16(25)6-10-21(18)31-24(28(20)27-19)14-3-7-17(26)8-4-14/h3-12,20,24H,13H2,1-2H3. The summed E-state index contributed by atoms with van der Waals surface area (Å²) in [4.78, 5) is 0. The van der Waals surface area contributed by atoms with E-state index in [0.717, 1.165) is 39.0 Å². The topological polar surface area (TPSA) is 43.3 Å². The lowest BCUT2D eigenvalue weighted by molar-refractivity contribution is -0.0190. The third kappa shape index (κ3) is 3.64. The van der Waals surface area contributed by atoms with Crippen molar-refractivity contribution < 1.29 is 14.2 Å². The number of fused-ring (bicyclic) bond motifs is 3. The van der Waals surface area contributed by atoms with Gasteiger partial charge >= 0.3 is 0 Å². The number of ether oxygens (including phenoxy) is 3. The lowest BCUT2D eigenvalue weighted by atomic mass is 9.96. The van der Waals surface area contributed by atoms with Crippen molar-refractivity contribution in [3.8, 4) is 17.2 Å².